The molecule has 4 rings (SSSR count). The number of allylic oxidation sites excluding steroid dienone is 2. The molecule has 0 aromatic carbocycles. The van der Waals surface area contributed by atoms with E-state index in [1.807, 2.05) is 12.2 Å². The molecule has 0 N–H and O–H groups in total. The zero-order chi connectivity index (χ0) is 15.3. The molecule has 5 heteroatoms. The molecule has 1 fully saturated rings. The highest BCUT2D eigenvalue weighted by molar-refractivity contribution is 7.10. The van der Waals surface area contributed by atoms with Gasteiger partial charge in [0.05, 0.1) is 12.0 Å². The molecule has 1 saturated heterocycles. The van der Waals surface area contributed by atoms with Gasteiger partial charge in [-0.1, -0.05) is 23.7 Å². The second-order valence-corrected chi connectivity index (χ2v) is 7.40. The maximum atomic E-state index is 12.5. The normalized spacial score (nSPS) is 33.4. The number of ketones is 1. The van der Waals surface area contributed by atoms with Gasteiger partial charge in [-0.3, -0.25) is 9.79 Å². The Morgan fingerprint density at radius 1 is 1.55 bits per heavy atom. The number of likely N-dealkylation sites (N-methyl/N-ethyl adjacent to an activating group) is 1. The Kier molecular flexibility index (Phi) is 3.27. The Morgan fingerprint density at radius 3 is 3.14 bits per heavy atom. The van der Waals surface area contributed by atoms with Crippen LogP contribution in [0.4, 0.5) is 0 Å². The maximum Gasteiger partial charge on any atom is 0.147 e. The van der Waals surface area contributed by atoms with E-state index >= 15 is 0 Å². The van der Waals surface area contributed by atoms with Crippen LogP contribution in [0.15, 0.2) is 45.4 Å². The van der Waals surface area contributed by atoms with Gasteiger partial charge in [0, 0.05) is 41.2 Å². The number of hydrogen-bond donors (Lipinski definition) is 0. The van der Waals surface area contributed by atoms with Gasteiger partial charge in [-0.05, 0) is 24.4 Å². The predicted molar refractivity (Wildman–Crippen MR) is 90.4 cm³/mol. The molecule has 3 aliphatic rings. The molecule has 0 saturated carbocycles. The number of rotatable bonds is 2. The summed E-state index contributed by atoms with van der Waals surface area (Å²) in [5, 5.41) is 2.77. The first-order valence-corrected chi connectivity index (χ1v) is 8.87. The highest BCUT2D eigenvalue weighted by atomic mass is 35.5. The van der Waals surface area contributed by atoms with E-state index in [2.05, 4.69) is 29.3 Å². The minimum atomic E-state index is -0.446. The maximum absolute atomic E-state index is 12.5. The van der Waals surface area contributed by atoms with Crippen molar-refractivity contribution in [3.05, 3.63) is 45.3 Å². The molecule has 1 spiro atoms. The second kappa shape index (κ2) is 5.07. The summed E-state index contributed by atoms with van der Waals surface area (Å²) in [5.74, 6) is 0.00523. The first kappa shape index (κ1) is 14.2. The van der Waals surface area contributed by atoms with Crippen molar-refractivity contribution >= 4 is 34.9 Å². The summed E-state index contributed by atoms with van der Waals surface area (Å²) in [6, 6.07) is 4.53. The molecule has 0 amide bonds. The number of carbonyl (C=O) groups is 1. The molecule has 0 bridgehead atoms. The topological polar surface area (TPSA) is 32.7 Å². The smallest absolute Gasteiger partial charge is 0.147 e. The van der Waals surface area contributed by atoms with Crippen molar-refractivity contribution in [3.8, 4) is 0 Å². The Balaban J connectivity index is 1.87. The van der Waals surface area contributed by atoms with Crippen LogP contribution < -0.4 is 0 Å². The highest BCUT2D eigenvalue weighted by Gasteiger charge is 2.56. The molecule has 2 aliphatic heterocycles. The van der Waals surface area contributed by atoms with Crippen LogP contribution in [0.3, 0.4) is 0 Å². The first-order valence-electron chi connectivity index (χ1n) is 7.61. The fourth-order valence-electron chi connectivity index (χ4n) is 4.01. The Morgan fingerprint density at radius 2 is 2.41 bits per heavy atom. The van der Waals surface area contributed by atoms with Gasteiger partial charge in [0.2, 0.25) is 0 Å². The summed E-state index contributed by atoms with van der Waals surface area (Å²) in [4.78, 5) is 21.0. The number of halogens is 1. The number of aliphatic imine (C=N–C) groups is 1. The van der Waals surface area contributed by atoms with Gasteiger partial charge in [-0.25, -0.2) is 0 Å². The predicted octanol–water partition coefficient (Wildman–Crippen LogP) is 3.93. The van der Waals surface area contributed by atoms with E-state index in [9.17, 15) is 4.79 Å². The summed E-state index contributed by atoms with van der Waals surface area (Å²) in [7, 11) is 0. The van der Waals surface area contributed by atoms with E-state index < -0.39 is 5.54 Å². The SMILES string of the molecule is CCN1C2=CC(Cl)=CC3C(=O)CC=NC23CC1c1cccs1. The van der Waals surface area contributed by atoms with Crippen LogP contribution in [0.2, 0.25) is 0 Å². The van der Waals surface area contributed by atoms with E-state index in [0.717, 1.165) is 18.7 Å². The fourth-order valence-corrected chi connectivity index (χ4v) is 5.07. The third-order valence-electron chi connectivity index (χ3n) is 4.92. The quantitative estimate of drug-likeness (QED) is 0.822. The molecule has 3 heterocycles. The highest BCUT2D eigenvalue weighted by Crippen LogP contribution is 2.55. The lowest BCUT2D eigenvalue weighted by molar-refractivity contribution is -0.122. The average molecular weight is 333 g/mol. The molecule has 1 aromatic heterocycles. The Bertz CT molecular complexity index is 706. The van der Waals surface area contributed by atoms with Gasteiger partial charge >= 0.3 is 0 Å². The van der Waals surface area contributed by atoms with Crippen molar-refractivity contribution in [1.82, 2.24) is 4.90 Å². The van der Waals surface area contributed by atoms with Gasteiger partial charge in [-0.15, -0.1) is 11.3 Å². The lowest BCUT2D eigenvalue weighted by Gasteiger charge is -2.38. The summed E-state index contributed by atoms with van der Waals surface area (Å²) in [6.45, 7) is 3.03. The van der Waals surface area contributed by atoms with Crippen LogP contribution in [0, 0.1) is 5.92 Å². The number of hydrogen-bond acceptors (Lipinski definition) is 4. The van der Waals surface area contributed by atoms with Crippen molar-refractivity contribution in [2.24, 2.45) is 10.9 Å². The standard InChI is InChI=1S/C17H17ClN2OS/c1-2-20-13(15-4-3-7-22-15)10-17-12(14(21)5-6-19-17)8-11(18)9-16(17)20/h3-4,6-9,12-13H,2,5,10H2,1H3. The van der Waals surface area contributed by atoms with Crippen molar-refractivity contribution in [1.29, 1.82) is 0 Å². The first-order chi connectivity index (χ1) is 10.7. The minimum absolute atomic E-state index is 0.219. The molecule has 0 radical (unpaired) electrons. The Hall–Kier alpha value is -1.39. The molecule has 3 unspecified atom stereocenters. The molecule has 3 nitrogen and oxygen atoms in total. The average Bonchev–Trinajstić information content (AvgIpc) is 3.11. The zero-order valence-corrected chi connectivity index (χ0v) is 13.9. The lowest BCUT2D eigenvalue weighted by atomic mass is 9.73. The van der Waals surface area contributed by atoms with Crippen LogP contribution in [0.5, 0.6) is 0 Å². The van der Waals surface area contributed by atoms with E-state index in [4.69, 9.17) is 16.6 Å². The number of Topliss-reactive ketones (excluding diaryl/α,β-unsaturated/α-hetero) is 1. The molecular weight excluding hydrogens is 316 g/mol. The van der Waals surface area contributed by atoms with Gasteiger partial charge in [0.25, 0.3) is 0 Å². The van der Waals surface area contributed by atoms with Crippen molar-refractivity contribution in [2.45, 2.75) is 31.3 Å². The second-order valence-electron chi connectivity index (χ2n) is 5.99. The van der Waals surface area contributed by atoms with Crippen molar-refractivity contribution in [3.63, 3.8) is 0 Å². The molecule has 1 aliphatic carbocycles. The van der Waals surface area contributed by atoms with Crippen LogP contribution in [0.25, 0.3) is 0 Å². The van der Waals surface area contributed by atoms with Gasteiger partial charge in [0.1, 0.15) is 11.3 Å². The molecule has 3 atom stereocenters. The van der Waals surface area contributed by atoms with Crippen LogP contribution in [-0.2, 0) is 4.79 Å². The summed E-state index contributed by atoms with van der Waals surface area (Å²) < 4.78 is 0. The summed E-state index contributed by atoms with van der Waals surface area (Å²) >= 11 is 8.08. The Labute approximate surface area is 139 Å². The molecule has 22 heavy (non-hydrogen) atoms. The molecule has 114 valence electrons. The number of nitrogens with zero attached hydrogens (tertiary/aromatic N) is 2. The summed E-state index contributed by atoms with van der Waals surface area (Å²) in [5.41, 5.74) is 0.661. The number of carbonyl (C=O) groups excluding carboxylic acids is 1. The van der Waals surface area contributed by atoms with Gasteiger partial charge < -0.3 is 4.90 Å². The van der Waals surface area contributed by atoms with E-state index in [1.54, 1.807) is 17.6 Å². The molecular formula is C17H17ClN2OS. The van der Waals surface area contributed by atoms with Crippen molar-refractivity contribution < 1.29 is 4.79 Å². The largest absolute Gasteiger partial charge is 0.365 e. The fraction of sp³-hybridized carbons (Fsp3) is 0.412. The third kappa shape index (κ3) is 1.87. The minimum Gasteiger partial charge on any atom is -0.365 e. The van der Waals surface area contributed by atoms with Crippen LogP contribution in [-0.4, -0.2) is 29.0 Å². The third-order valence-corrected chi connectivity index (χ3v) is 6.13. The van der Waals surface area contributed by atoms with Gasteiger partial charge in [-0.2, -0.15) is 0 Å². The number of likely N-dealkylation sites (tertiary alicyclic amines) is 1. The molecule has 1 aromatic rings. The zero-order valence-electron chi connectivity index (χ0n) is 12.3. The van der Waals surface area contributed by atoms with Crippen molar-refractivity contribution in [2.75, 3.05) is 6.54 Å². The van der Waals surface area contributed by atoms with E-state index in [1.165, 1.54) is 4.88 Å². The van der Waals surface area contributed by atoms with Crippen LogP contribution in [0.1, 0.15) is 30.7 Å². The van der Waals surface area contributed by atoms with E-state index in [-0.39, 0.29) is 17.7 Å². The van der Waals surface area contributed by atoms with E-state index in [0.29, 0.717) is 11.5 Å². The monoisotopic (exact) mass is 332 g/mol. The van der Waals surface area contributed by atoms with Gasteiger partial charge in [0.15, 0.2) is 0 Å². The lowest BCUT2D eigenvalue weighted by Crippen LogP contribution is -2.45. The summed E-state index contributed by atoms with van der Waals surface area (Å²) in [6.07, 6.45) is 6.96. The van der Waals surface area contributed by atoms with Crippen LogP contribution >= 0.6 is 22.9 Å². The number of thiophene rings is 1.